The summed E-state index contributed by atoms with van der Waals surface area (Å²) < 4.78 is 37.2. The number of ether oxygens (including phenoxy) is 2. The van der Waals surface area contributed by atoms with Crippen LogP contribution in [0.15, 0.2) is 53.6 Å². The fourth-order valence-corrected chi connectivity index (χ4v) is 3.79. The number of hydrogen-bond acceptors (Lipinski definition) is 5. The molecule has 0 atom stereocenters. The van der Waals surface area contributed by atoms with Crippen molar-refractivity contribution in [2.75, 3.05) is 20.0 Å². The van der Waals surface area contributed by atoms with Crippen LogP contribution in [0.25, 0.3) is 10.9 Å². The fraction of sp³-hybridized carbons (Fsp3) is 0.125. The van der Waals surface area contributed by atoms with Gasteiger partial charge in [-0.2, -0.15) is 0 Å². The van der Waals surface area contributed by atoms with E-state index in [2.05, 4.69) is 0 Å². The van der Waals surface area contributed by atoms with Gasteiger partial charge in [0.25, 0.3) is 10.0 Å². The van der Waals surface area contributed by atoms with Crippen LogP contribution in [0.3, 0.4) is 0 Å². The molecule has 0 bridgehead atoms. The van der Waals surface area contributed by atoms with Gasteiger partial charge in [0.2, 0.25) is 0 Å². The number of fused-ring (bicyclic) bond motifs is 1. The van der Waals surface area contributed by atoms with Crippen LogP contribution in [-0.2, 0) is 10.0 Å². The Morgan fingerprint density at radius 2 is 1.78 bits per heavy atom. The Morgan fingerprint density at radius 1 is 1.00 bits per heavy atom. The van der Waals surface area contributed by atoms with Crippen LogP contribution < -0.4 is 15.2 Å². The zero-order chi connectivity index (χ0) is 16.6. The molecule has 0 saturated heterocycles. The maximum absolute atomic E-state index is 12.9. The largest absolute Gasteiger partial charge is 0.497 e. The number of nitrogen functional groups attached to an aromatic ring is 1. The molecule has 0 fully saturated rings. The van der Waals surface area contributed by atoms with E-state index in [4.69, 9.17) is 15.2 Å². The Bertz CT molecular complexity index is 977. The molecule has 0 unspecified atom stereocenters. The number of aromatic nitrogens is 1. The Kier molecular flexibility index (Phi) is 3.65. The van der Waals surface area contributed by atoms with E-state index in [1.54, 1.807) is 18.2 Å². The molecule has 0 aliphatic rings. The van der Waals surface area contributed by atoms with Crippen LogP contribution >= 0.6 is 0 Å². The maximum atomic E-state index is 12.9. The van der Waals surface area contributed by atoms with Crippen molar-refractivity contribution in [2.45, 2.75) is 4.90 Å². The summed E-state index contributed by atoms with van der Waals surface area (Å²) in [4.78, 5) is 0.0936. The van der Waals surface area contributed by atoms with Crippen LogP contribution in [0.2, 0.25) is 0 Å². The molecule has 0 aliphatic carbocycles. The van der Waals surface area contributed by atoms with Gasteiger partial charge < -0.3 is 15.2 Å². The Hall–Kier alpha value is -2.67. The molecule has 0 aliphatic heterocycles. The zero-order valence-corrected chi connectivity index (χ0v) is 13.5. The molecule has 0 spiro atoms. The number of anilines is 1. The molecule has 23 heavy (non-hydrogen) atoms. The van der Waals surface area contributed by atoms with E-state index in [0.717, 1.165) is 5.39 Å². The molecule has 0 saturated carbocycles. The number of rotatable bonds is 4. The molecule has 120 valence electrons. The molecular weight excluding hydrogens is 316 g/mol. The maximum Gasteiger partial charge on any atom is 0.268 e. The van der Waals surface area contributed by atoms with Gasteiger partial charge >= 0.3 is 0 Å². The standard InChI is InChI=1S/C16H16N2O4S/c1-21-12-4-3-11-7-8-18(15(11)9-12)23(19,20)13-5-6-16(22-2)14(17)10-13/h3-10H,17H2,1-2H3. The minimum Gasteiger partial charge on any atom is -0.497 e. The second kappa shape index (κ2) is 5.51. The average molecular weight is 332 g/mol. The molecule has 7 heteroatoms. The Balaban J connectivity index is 2.18. The molecule has 2 aromatic carbocycles. The molecule has 3 aromatic rings. The van der Waals surface area contributed by atoms with Crippen LogP contribution in [0.4, 0.5) is 5.69 Å². The first-order chi connectivity index (χ1) is 11.0. The van der Waals surface area contributed by atoms with E-state index >= 15 is 0 Å². The lowest BCUT2D eigenvalue weighted by Gasteiger charge is -2.10. The highest BCUT2D eigenvalue weighted by molar-refractivity contribution is 7.90. The third kappa shape index (κ3) is 2.49. The first-order valence-corrected chi connectivity index (χ1v) is 8.25. The van der Waals surface area contributed by atoms with Crippen molar-refractivity contribution in [3.63, 3.8) is 0 Å². The lowest BCUT2D eigenvalue weighted by Crippen LogP contribution is -2.12. The van der Waals surface area contributed by atoms with Crippen molar-refractivity contribution >= 4 is 26.6 Å². The van der Waals surface area contributed by atoms with Crippen molar-refractivity contribution < 1.29 is 17.9 Å². The van der Waals surface area contributed by atoms with E-state index in [9.17, 15) is 8.42 Å². The lowest BCUT2D eigenvalue weighted by molar-refractivity contribution is 0.415. The molecule has 0 amide bonds. The first kappa shape index (κ1) is 15.2. The number of nitrogens with zero attached hydrogens (tertiary/aromatic N) is 1. The predicted molar refractivity (Wildman–Crippen MR) is 88.5 cm³/mol. The molecule has 1 aromatic heterocycles. The number of methoxy groups -OCH3 is 2. The van der Waals surface area contributed by atoms with Gasteiger partial charge in [0.15, 0.2) is 0 Å². The minimum absolute atomic E-state index is 0.0936. The van der Waals surface area contributed by atoms with E-state index in [-0.39, 0.29) is 10.6 Å². The van der Waals surface area contributed by atoms with Gasteiger partial charge in [-0.25, -0.2) is 12.4 Å². The molecule has 1 heterocycles. The summed E-state index contributed by atoms with van der Waals surface area (Å²) in [5.74, 6) is 1.02. The summed E-state index contributed by atoms with van der Waals surface area (Å²) in [5.41, 5.74) is 6.63. The number of hydrogen-bond donors (Lipinski definition) is 1. The highest BCUT2D eigenvalue weighted by atomic mass is 32.2. The second-order valence-corrected chi connectivity index (χ2v) is 6.76. The van der Waals surface area contributed by atoms with Gasteiger partial charge in [0.1, 0.15) is 11.5 Å². The summed E-state index contributed by atoms with van der Waals surface area (Å²) in [6.07, 6.45) is 1.51. The van der Waals surface area contributed by atoms with E-state index < -0.39 is 10.0 Å². The molecule has 2 N–H and O–H groups in total. The van der Waals surface area contributed by atoms with Crippen molar-refractivity contribution in [3.05, 3.63) is 48.7 Å². The van der Waals surface area contributed by atoms with Crippen molar-refractivity contribution in [1.82, 2.24) is 3.97 Å². The van der Waals surface area contributed by atoms with E-state index in [1.165, 1.54) is 42.6 Å². The highest BCUT2D eigenvalue weighted by Crippen LogP contribution is 2.29. The highest BCUT2D eigenvalue weighted by Gasteiger charge is 2.20. The van der Waals surface area contributed by atoms with E-state index in [1.807, 2.05) is 6.07 Å². The van der Waals surface area contributed by atoms with Gasteiger partial charge in [-0.3, -0.25) is 0 Å². The van der Waals surface area contributed by atoms with Gasteiger partial charge in [-0.15, -0.1) is 0 Å². The predicted octanol–water partition coefficient (Wildman–Crippen LogP) is 2.48. The average Bonchev–Trinajstić information content (AvgIpc) is 2.98. The Labute approximate surface area is 134 Å². The quantitative estimate of drug-likeness (QED) is 0.742. The van der Waals surface area contributed by atoms with Gasteiger partial charge in [0.05, 0.1) is 30.3 Å². The van der Waals surface area contributed by atoms with Crippen LogP contribution in [0.1, 0.15) is 0 Å². The van der Waals surface area contributed by atoms with Crippen LogP contribution in [-0.4, -0.2) is 26.6 Å². The summed E-state index contributed by atoms with van der Waals surface area (Å²) in [7, 11) is -0.757. The van der Waals surface area contributed by atoms with Gasteiger partial charge in [-0.1, -0.05) is 0 Å². The summed E-state index contributed by atoms with van der Waals surface area (Å²) in [6, 6.07) is 11.4. The van der Waals surface area contributed by atoms with Crippen molar-refractivity contribution in [2.24, 2.45) is 0 Å². The van der Waals surface area contributed by atoms with Gasteiger partial charge in [0, 0.05) is 17.6 Å². The summed E-state index contributed by atoms with van der Waals surface area (Å²) in [6.45, 7) is 0. The lowest BCUT2D eigenvalue weighted by atomic mass is 10.2. The minimum atomic E-state index is -3.77. The van der Waals surface area contributed by atoms with E-state index in [0.29, 0.717) is 17.0 Å². The molecule has 3 rings (SSSR count). The molecule has 0 radical (unpaired) electrons. The first-order valence-electron chi connectivity index (χ1n) is 6.81. The zero-order valence-electron chi connectivity index (χ0n) is 12.7. The molecular formula is C16H16N2O4S. The topological polar surface area (TPSA) is 83.5 Å². The number of nitrogens with two attached hydrogens (primary N) is 1. The smallest absolute Gasteiger partial charge is 0.268 e. The monoisotopic (exact) mass is 332 g/mol. The third-order valence-corrected chi connectivity index (χ3v) is 5.31. The summed E-state index contributed by atoms with van der Waals surface area (Å²) >= 11 is 0. The van der Waals surface area contributed by atoms with Crippen molar-refractivity contribution in [3.8, 4) is 11.5 Å². The normalized spacial score (nSPS) is 11.6. The second-order valence-electron chi connectivity index (χ2n) is 4.95. The summed E-state index contributed by atoms with van der Waals surface area (Å²) in [5, 5.41) is 0.802. The fourth-order valence-electron chi connectivity index (χ4n) is 2.41. The Morgan fingerprint density at radius 3 is 2.43 bits per heavy atom. The molecule has 6 nitrogen and oxygen atoms in total. The van der Waals surface area contributed by atoms with Crippen LogP contribution in [0, 0.1) is 0 Å². The van der Waals surface area contributed by atoms with Crippen LogP contribution in [0.5, 0.6) is 11.5 Å². The van der Waals surface area contributed by atoms with Crippen molar-refractivity contribution in [1.29, 1.82) is 0 Å². The number of benzene rings is 2. The third-order valence-electron chi connectivity index (χ3n) is 3.62. The van der Waals surface area contributed by atoms with Gasteiger partial charge in [-0.05, 0) is 36.4 Å². The SMILES string of the molecule is COc1ccc2ccn(S(=O)(=O)c3ccc(OC)c(N)c3)c2c1.